The minimum Gasteiger partial charge on any atom is -0.490 e. The number of para-hydroxylation sites is 2. The van der Waals surface area contributed by atoms with Crippen LogP contribution in [0.5, 0.6) is 5.75 Å². The van der Waals surface area contributed by atoms with Gasteiger partial charge in [0.15, 0.2) is 5.43 Å². The summed E-state index contributed by atoms with van der Waals surface area (Å²) in [7, 11) is 0. The molecule has 0 spiro atoms. The number of rotatable bonds is 8. The van der Waals surface area contributed by atoms with E-state index in [1.54, 1.807) is 18.2 Å². The molecule has 0 bridgehead atoms. The summed E-state index contributed by atoms with van der Waals surface area (Å²) in [5, 5.41) is 13.9. The second-order valence-corrected chi connectivity index (χ2v) is 6.65. The van der Waals surface area contributed by atoms with Gasteiger partial charge in [0.2, 0.25) is 0 Å². The summed E-state index contributed by atoms with van der Waals surface area (Å²) >= 11 is 0. The highest BCUT2D eigenvalue weighted by Gasteiger charge is 2.13. The van der Waals surface area contributed by atoms with Crippen molar-refractivity contribution in [1.29, 1.82) is 0 Å². The van der Waals surface area contributed by atoms with Crippen molar-refractivity contribution in [3.8, 4) is 17.1 Å². The minimum absolute atomic E-state index is 0.0977. The Morgan fingerprint density at radius 1 is 1.15 bits per heavy atom. The number of hydrogen-bond donors (Lipinski definition) is 2. The number of hydrogen-bond acceptors (Lipinski definition) is 5. The maximum absolute atomic E-state index is 12.4. The highest BCUT2D eigenvalue weighted by molar-refractivity contribution is 5.79. The van der Waals surface area contributed by atoms with Gasteiger partial charge in [0, 0.05) is 18.7 Å². The molecule has 3 aromatic rings. The molecule has 1 heterocycles. The summed E-state index contributed by atoms with van der Waals surface area (Å²) in [6.45, 7) is 4.78. The molecule has 2 unspecified atom stereocenters. The molecule has 0 radical (unpaired) electrons. The second-order valence-electron chi connectivity index (χ2n) is 6.65. The van der Waals surface area contributed by atoms with Crippen molar-refractivity contribution in [2.75, 3.05) is 13.2 Å². The van der Waals surface area contributed by atoms with Gasteiger partial charge in [0.25, 0.3) is 0 Å². The Labute approximate surface area is 158 Å². The van der Waals surface area contributed by atoms with E-state index in [2.05, 4.69) is 19.2 Å². The van der Waals surface area contributed by atoms with E-state index in [0.717, 1.165) is 6.42 Å². The smallest absolute Gasteiger partial charge is 0.193 e. The third-order valence-corrected chi connectivity index (χ3v) is 4.53. The maximum atomic E-state index is 12.4. The van der Waals surface area contributed by atoms with Gasteiger partial charge in [-0.15, -0.1) is 0 Å². The van der Waals surface area contributed by atoms with Crippen LogP contribution in [0.3, 0.4) is 0 Å². The molecule has 0 fully saturated rings. The van der Waals surface area contributed by atoms with Crippen LogP contribution in [0, 0.1) is 0 Å². The normalized spacial score (nSPS) is 13.4. The van der Waals surface area contributed by atoms with Crippen LogP contribution in [-0.4, -0.2) is 30.4 Å². The van der Waals surface area contributed by atoms with E-state index in [9.17, 15) is 9.90 Å². The fourth-order valence-electron chi connectivity index (χ4n) is 2.76. The van der Waals surface area contributed by atoms with Crippen molar-refractivity contribution < 1.29 is 14.3 Å². The fourth-order valence-corrected chi connectivity index (χ4v) is 2.76. The standard InChI is InChI=1S/C22H25NO4/c1-3-15(2)23-13-16(24)14-26-20-10-6-5-9-18(20)22-12-19(25)17-8-4-7-11-21(17)27-22/h4-12,15-16,23-24H,3,13-14H2,1-2H3. The van der Waals surface area contributed by atoms with Crippen LogP contribution >= 0.6 is 0 Å². The first-order chi connectivity index (χ1) is 13.1. The summed E-state index contributed by atoms with van der Waals surface area (Å²) in [6, 6.07) is 16.3. The van der Waals surface area contributed by atoms with Crippen molar-refractivity contribution in [2.24, 2.45) is 0 Å². The molecule has 2 N–H and O–H groups in total. The predicted molar refractivity (Wildman–Crippen MR) is 107 cm³/mol. The Bertz CT molecular complexity index is 950. The zero-order chi connectivity index (χ0) is 19.2. The lowest BCUT2D eigenvalue weighted by Gasteiger charge is -2.17. The molecule has 0 saturated carbocycles. The highest BCUT2D eigenvalue weighted by Crippen LogP contribution is 2.30. The van der Waals surface area contributed by atoms with Gasteiger partial charge in [-0.05, 0) is 37.6 Å². The van der Waals surface area contributed by atoms with E-state index in [1.165, 1.54) is 6.07 Å². The summed E-state index contributed by atoms with van der Waals surface area (Å²) < 4.78 is 11.7. The number of fused-ring (bicyclic) bond motifs is 1. The lowest BCUT2D eigenvalue weighted by Crippen LogP contribution is -2.36. The molecule has 5 heteroatoms. The Kier molecular flexibility index (Phi) is 6.27. The highest BCUT2D eigenvalue weighted by atomic mass is 16.5. The van der Waals surface area contributed by atoms with Crippen LogP contribution in [0.1, 0.15) is 20.3 Å². The van der Waals surface area contributed by atoms with Gasteiger partial charge in [-0.2, -0.15) is 0 Å². The zero-order valence-corrected chi connectivity index (χ0v) is 15.6. The Morgan fingerprint density at radius 3 is 2.70 bits per heavy atom. The average molecular weight is 367 g/mol. The van der Waals surface area contributed by atoms with Crippen LogP contribution in [0.4, 0.5) is 0 Å². The second kappa shape index (κ2) is 8.84. The third-order valence-electron chi connectivity index (χ3n) is 4.53. The first-order valence-electron chi connectivity index (χ1n) is 9.25. The fraction of sp³-hybridized carbons (Fsp3) is 0.318. The van der Waals surface area contributed by atoms with Crippen LogP contribution in [0.25, 0.3) is 22.3 Å². The van der Waals surface area contributed by atoms with Crippen molar-refractivity contribution in [3.05, 3.63) is 64.8 Å². The van der Waals surface area contributed by atoms with Crippen LogP contribution in [0.2, 0.25) is 0 Å². The van der Waals surface area contributed by atoms with E-state index >= 15 is 0 Å². The number of aliphatic hydroxyl groups excluding tert-OH is 1. The van der Waals surface area contributed by atoms with Crippen molar-refractivity contribution >= 4 is 11.0 Å². The predicted octanol–water partition coefficient (Wildman–Crippen LogP) is 3.59. The molecule has 2 aromatic carbocycles. The molecule has 0 aliphatic carbocycles. The van der Waals surface area contributed by atoms with Crippen LogP contribution in [-0.2, 0) is 0 Å². The number of ether oxygens (including phenoxy) is 1. The summed E-state index contributed by atoms with van der Waals surface area (Å²) in [4.78, 5) is 12.4. The molecular formula is C22H25NO4. The lowest BCUT2D eigenvalue weighted by molar-refractivity contribution is 0.104. The summed E-state index contributed by atoms with van der Waals surface area (Å²) in [5.74, 6) is 1.01. The van der Waals surface area contributed by atoms with Gasteiger partial charge < -0.3 is 19.6 Å². The Balaban J connectivity index is 1.79. The monoisotopic (exact) mass is 367 g/mol. The quantitative estimate of drug-likeness (QED) is 0.637. The molecule has 2 atom stereocenters. The van der Waals surface area contributed by atoms with Gasteiger partial charge in [-0.1, -0.05) is 31.2 Å². The lowest BCUT2D eigenvalue weighted by atomic mass is 10.1. The molecule has 27 heavy (non-hydrogen) atoms. The maximum Gasteiger partial charge on any atom is 0.193 e. The molecule has 5 nitrogen and oxygen atoms in total. The SMILES string of the molecule is CCC(C)NCC(O)COc1ccccc1-c1cc(=O)c2ccccc2o1. The first-order valence-corrected chi connectivity index (χ1v) is 9.25. The molecule has 0 aliphatic heterocycles. The Hall–Kier alpha value is -2.63. The van der Waals surface area contributed by atoms with Gasteiger partial charge >= 0.3 is 0 Å². The van der Waals surface area contributed by atoms with E-state index in [0.29, 0.717) is 40.6 Å². The molecule has 0 saturated heterocycles. The van der Waals surface area contributed by atoms with Gasteiger partial charge in [-0.3, -0.25) is 4.79 Å². The molecule has 3 rings (SSSR count). The molecular weight excluding hydrogens is 342 g/mol. The van der Waals surface area contributed by atoms with Crippen molar-refractivity contribution in [2.45, 2.75) is 32.4 Å². The van der Waals surface area contributed by atoms with Crippen LogP contribution < -0.4 is 15.5 Å². The third kappa shape index (κ3) is 4.76. The van der Waals surface area contributed by atoms with E-state index in [-0.39, 0.29) is 12.0 Å². The van der Waals surface area contributed by atoms with Crippen molar-refractivity contribution in [1.82, 2.24) is 5.32 Å². The molecule has 142 valence electrons. The van der Waals surface area contributed by atoms with Gasteiger partial charge in [-0.25, -0.2) is 0 Å². The summed E-state index contributed by atoms with van der Waals surface area (Å²) in [6.07, 6.45) is 0.368. The summed E-state index contributed by atoms with van der Waals surface area (Å²) in [5.41, 5.74) is 1.12. The van der Waals surface area contributed by atoms with E-state index < -0.39 is 6.10 Å². The van der Waals surface area contributed by atoms with E-state index in [1.807, 2.05) is 30.3 Å². The number of benzene rings is 2. The largest absolute Gasteiger partial charge is 0.490 e. The Morgan fingerprint density at radius 2 is 1.89 bits per heavy atom. The number of nitrogens with one attached hydrogen (secondary N) is 1. The molecule has 1 aromatic heterocycles. The average Bonchev–Trinajstić information content (AvgIpc) is 2.70. The minimum atomic E-state index is -0.629. The topological polar surface area (TPSA) is 71.7 Å². The number of aliphatic hydroxyl groups is 1. The van der Waals surface area contributed by atoms with Crippen LogP contribution in [0.15, 0.2) is 63.8 Å². The first kappa shape index (κ1) is 19.1. The molecule has 0 aliphatic rings. The van der Waals surface area contributed by atoms with Gasteiger partial charge in [0.05, 0.1) is 10.9 Å². The van der Waals surface area contributed by atoms with Crippen molar-refractivity contribution in [3.63, 3.8) is 0 Å². The van der Waals surface area contributed by atoms with E-state index in [4.69, 9.17) is 9.15 Å². The molecule has 0 amide bonds. The van der Waals surface area contributed by atoms with Gasteiger partial charge in [0.1, 0.15) is 29.8 Å². The zero-order valence-electron chi connectivity index (χ0n) is 15.6.